The molecule has 1 aromatic rings. The normalized spacial score (nSPS) is 19.1. The van der Waals surface area contributed by atoms with Crippen LogP contribution in [0.1, 0.15) is 26.2 Å². The molecule has 6 nitrogen and oxygen atoms in total. The maximum atomic E-state index is 12.3. The molecule has 6 heteroatoms. The van der Waals surface area contributed by atoms with Gasteiger partial charge in [-0.2, -0.15) is 0 Å². The molecule has 1 saturated heterocycles. The van der Waals surface area contributed by atoms with Crippen molar-refractivity contribution < 1.29 is 14.3 Å². The lowest BCUT2D eigenvalue weighted by molar-refractivity contribution is -0.116. The number of methoxy groups -OCH3 is 2. The lowest BCUT2D eigenvalue weighted by Crippen LogP contribution is -2.40. The lowest BCUT2D eigenvalue weighted by Gasteiger charge is -2.22. The molecule has 1 amide bonds. The average Bonchev–Trinajstić information content (AvgIpc) is 2.98. The first-order chi connectivity index (χ1) is 11.5. The SMILES string of the molecule is COc1ccc(NC(=O)CC(C)NCC2CCCN2C)c(OC)c1. The van der Waals surface area contributed by atoms with Crippen LogP contribution in [0.25, 0.3) is 0 Å². The van der Waals surface area contributed by atoms with Gasteiger partial charge in [0.2, 0.25) is 5.91 Å². The molecule has 24 heavy (non-hydrogen) atoms. The fraction of sp³-hybridized carbons (Fsp3) is 0.611. The molecule has 2 N–H and O–H groups in total. The minimum absolute atomic E-state index is 0.0294. The molecule has 2 atom stereocenters. The number of carbonyl (C=O) groups is 1. The highest BCUT2D eigenvalue weighted by Gasteiger charge is 2.21. The van der Waals surface area contributed by atoms with Crippen molar-refractivity contribution in [3.8, 4) is 11.5 Å². The van der Waals surface area contributed by atoms with E-state index in [0.29, 0.717) is 29.6 Å². The van der Waals surface area contributed by atoms with Gasteiger partial charge in [-0.25, -0.2) is 0 Å². The van der Waals surface area contributed by atoms with Crippen LogP contribution < -0.4 is 20.1 Å². The highest BCUT2D eigenvalue weighted by Crippen LogP contribution is 2.29. The van der Waals surface area contributed by atoms with Gasteiger partial charge in [0.1, 0.15) is 11.5 Å². The van der Waals surface area contributed by atoms with Crippen molar-refractivity contribution in [2.45, 2.75) is 38.3 Å². The second kappa shape index (κ2) is 8.89. The third-order valence-corrected chi connectivity index (χ3v) is 4.55. The molecule has 2 unspecified atom stereocenters. The first kappa shape index (κ1) is 18.5. The predicted octanol–water partition coefficient (Wildman–Crippen LogP) is 2.10. The fourth-order valence-electron chi connectivity index (χ4n) is 3.03. The minimum Gasteiger partial charge on any atom is -0.497 e. The van der Waals surface area contributed by atoms with E-state index in [-0.39, 0.29) is 11.9 Å². The number of carbonyl (C=O) groups excluding carboxylic acids is 1. The Kier molecular flexibility index (Phi) is 6.87. The summed E-state index contributed by atoms with van der Waals surface area (Å²) in [4.78, 5) is 14.6. The summed E-state index contributed by atoms with van der Waals surface area (Å²) in [5.74, 6) is 1.26. The molecule has 0 bridgehead atoms. The Bertz CT molecular complexity index is 550. The molecular formula is C18H29N3O3. The smallest absolute Gasteiger partial charge is 0.226 e. The highest BCUT2D eigenvalue weighted by molar-refractivity contribution is 5.92. The Balaban J connectivity index is 1.81. The summed E-state index contributed by atoms with van der Waals surface area (Å²) in [5.41, 5.74) is 0.658. The van der Waals surface area contributed by atoms with Gasteiger partial charge in [0.15, 0.2) is 0 Å². The second-order valence-corrected chi connectivity index (χ2v) is 6.40. The fourth-order valence-corrected chi connectivity index (χ4v) is 3.03. The van der Waals surface area contributed by atoms with Gasteiger partial charge in [-0.15, -0.1) is 0 Å². The number of likely N-dealkylation sites (tertiary alicyclic amines) is 1. The quantitative estimate of drug-likeness (QED) is 0.762. The zero-order chi connectivity index (χ0) is 17.5. The number of hydrogen-bond acceptors (Lipinski definition) is 5. The molecular weight excluding hydrogens is 306 g/mol. The van der Waals surface area contributed by atoms with Crippen molar-refractivity contribution in [2.24, 2.45) is 0 Å². The van der Waals surface area contributed by atoms with E-state index in [1.165, 1.54) is 19.4 Å². The summed E-state index contributed by atoms with van der Waals surface area (Å²) >= 11 is 0. The van der Waals surface area contributed by atoms with Crippen molar-refractivity contribution in [3.63, 3.8) is 0 Å². The predicted molar refractivity (Wildman–Crippen MR) is 95.9 cm³/mol. The van der Waals surface area contributed by atoms with Crippen LogP contribution in [0.4, 0.5) is 5.69 Å². The summed E-state index contributed by atoms with van der Waals surface area (Å²) in [6.07, 6.45) is 2.91. The van der Waals surface area contributed by atoms with Crippen LogP contribution in [-0.2, 0) is 4.79 Å². The van der Waals surface area contributed by atoms with E-state index in [4.69, 9.17) is 9.47 Å². The Labute approximate surface area is 144 Å². The van der Waals surface area contributed by atoms with Gasteiger partial charge in [0.05, 0.1) is 19.9 Å². The van der Waals surface area contributed by atoms with Crippen LogP contribution in [0.5, 0.6) is 11.5 Å². The second-order valence-electron chi connectivity index (χ2n) is 6.40. The van der Waals surface area contributed by atoms with E-state index in [1.54, 1.807) is 32.4 Å². The van der Waals surface area contributed by atoms with Gasteiger partial charge in [-0.3, -0.25) is 4.79 Å². The van der Waals surface area contributed by atoms with Crippen LogP contribution >= 0.6 is 0 Å². The van der Waals surface area contributed by atoms with Gasteiger partial charge in [0.25, 0.3) is 0 Å². The molecule has 0 aromatic heterocycles. The number of likely N-dealkylation sites (N-methyl/N-ethyl adjacent to an activating group) is 1. The molecule has 0 saturated carbocycles. The number of benzene rings is 1. The van der Waals surface area contributed by atoms with Crippen molar-refractivity contribution in [3.05, 3.63) is 18.2 Å². The summed E-state index contributed by atoms with van der Waals surface area (Å²) < 4.78 is 10.5. The lowest BCUT2D eigenvalue weighted by atomic mass is 10.1. The van der Waals surface area contributed by atoms with Crippen LogP contribution in [-0.4, -0.2) is 57.2 Å². The summed E-state index contributed by atoms with van der Waals surface area (Å²) in [6, 6.07) is 6.06. The summed E-state index contributed by atoms with van der Waals surface area (Å²) in [6.45, 7) is 4.13. The van der Waals surface area contributed by atoms with Crippen LogP contribution in [0.15, 0.2) is 18.2 Å². The molecule has 0 radical (unpaired) electrons. The maximum absolute atomic E-state index is 12.3. The molecule has 1 aromatic carbocycles. The number of hydrogen-bond donors (Lipinski definition) is 2. The number of amides is 1. The molecule has 1 heterocycles. The molecule has 2 rings (SSSR count). The Morgan fingerprint density at radius 2 is 2.17 bits per heavy atom. The van der Waals surface area contributed by atoms with E-state index in [2.05, 4.69) is 22.6 Å². The average molecular weight is 335 g/mol. The zero-order valence-electron chi connectivity index (χ0n) is 15.1. The molecule has 0 spiro atoms. The standard InChI is InChI=1S/C18H29N3O3/c1-13(19-12-14-6-5-9-21(14)2)10-18(22)20-16-8-7-15(23-3)11-17(16)24-4/h7-8,11,13-14,19H,5-6,9-10,12H2,1-4H3,(H,20,22). The monoisotopic (exact) mass is 335 g/mol. The van der Waals surface area contributed by atoms with E-state index in [9.17, 15) is 4.79 Å². The van der Waals surface area contributed by atoms with Gasteiger partial charge in [-0.1, -0.05) is 0 Å². The number of anilines is 1. The Hall–Kier alpha value is -1.79. The molecule has 0 aliphatic carbocycles. The Morgan fingerprint density at radius 1 is 1.38 bits per heavy atom. The van der Waals surface area contributed by atoms with Gasteiger partial charge < -0.3 is 25.0 Å². The zero-order valence-corrected chi connectivity index (χ0v) is 15.1. The van der Waals surface area contributed by atoms with E-state index < -0.39 is 0 Å². The van der Waals surface area contributed by atoms with E-state index >= 15 is 0 Å². The summed E-state index contributed by atoms with van der Waals surface area (Å²) in [7, 11) is 5.33. The number of nitrogens with zero attached hydrogens (tertiary/aromatic N) is 1. The van der Waals surface area contributed by atoms with Crippen LogP contribution in [0.2, 0.25) is 0 Å². The third-order valence-electron chi connectivity index (χ3n) is 4.55. The number of ether oxygens (including phenoxy) is 2. The first-order valence-electron chi connectivity index (χ1n) is 8.49. The van der Waals surface area contributed by atoms with Crippen molar-refractivity contribution in [2.75, 3.05) is 39.7 Å². The largest absolute Gasteiger partial charge is 0.497 e. The van der Waals surface area contributed by atoms with Gasteiger partial charge in [0, 0.05) is 31.1 Å². The van der Waals surface area contributed by atoms with Crippen molar-refractivity contribution in [1.82, 2.24) is 10.2 Å². The maximum Gasteiger partial charge on any atom is 0.226 e. The molecule has 1 fully saturated rings. The number of nitrogens with one attached hydrogen (secondary N) is 2. The molecule has 1 aliphatic heterocycles. The highest BCUT2D eigenvalue weighted by atomic mass is 16.5. The van der Waals surface area contributed by atoms with Gasteiger partial charge >= 0.3 is 0 Å². The van der Waals surface area contributed by atoms with Crippen molar-refractivity contribution >= 4 is 11.6 Å². The number of rotatable bonds is 8. The topological polar surface area (TPSA) is 62.8 Å². The minimum atomic E-state index is -0.0294. The van der Waals surface area contributed by atoms with Gasteiger partial charge in [-0.05, 0) is 45.5 Å². The first-order valence-corrected chi connectivity index (χ1v) is 8.49. The van der Waals surface area contributed by atoms with E-state index in [0.717, 1.165) is 6.54 Å². The summed E-state index contributed by atoms with van der Waals surface area (Å²) in [5, 5.41) is 6.38. The molecule has 134 valence electrons. The van der Waals surface area contributed by atoms with Crippen LogP contribution in [0.3, 0.4) is 0 Å². The molecule has 1 aliphatic rings. The van der Waals surface area contributed by atoms with Crippen molar-refractivity contribution in [1.29, 1.82) is 0 Å². The third kappa shape index (κ3) is 5.11. The van der Waals surface area contributed by atoms with E-state index in [1.807, 2.05) is 6.92 Å². The Morgan fingerprint density at radius 3 is 2.79 bits per heavy atom. The van der Waals surface area contributed by atoms with Crippen LogP contribution in [0, 0.1) is 0 Å².